The highest BCUT2D eigenvalue weighted by Gasteiger charge is 2.12. The van der Waals surface area contributed by atoms with Gasteiger partial charge in [0.05, 0.1) is 6.26 Å². The zero-order valence-electron chi connectivity index (χ0n) is 11.0. The van der Waals surface area contributed by atoms with Gasteiger partial charge < -0.3 is 4.52 Å². The Morgan fingerprint density at radius 3 is 2.71 bits per heavy atom. The molecule has 2 aromatic heterocycles. The third-order valence-electron chi connectivity index (χ3n) is 2.44. The Hall–Kier alpha value is -1.94. The Morgan fingerprint density at radius 1 is 1.38 bits per heavy atom. The second-order valence-corrected chi connectivity index (χ2v) is 6.03. The van der Waals surface area contributed by atoms with Crippen LogP contribution in [0.2, 0.25) is 0 Å². The zero-order valence-corrected chi connectivity index (χ0v) is 11.8. The van der Waals surface area contributed by atoms with Crippen molar-refractivity contribution in [2.45, 2.75) is 12.8 Å². The topological polar surface area (TPSA) is 98.0 Å². The summed E-state index contributed by atoms with van der Waals surface area (Å²) in [6.45, 7) is 0.128. The first-order valence-corrected chi connectivity index (χ1v) is 7.76. The maximum Gasteiger partial charge on any atom is 0.280 e. The molecule has 0 aliphatic heterocycles. The molecule has 0 unspecified atom stereocenters. The van der Waals surface area contributed by atoms with Crippen molar-refractivity contribution < 1.29 is 21.7 Å². The molecule has 114 valence electrons. The van der Waals surface area contributed by atoms with Gasteiger partial charge in [0.1, 0.15) is 5.69 Å². The van der Waals surface area contributed by atoms with Crippen LogP contribution in [0.5, 0.6) is 0 Å². The van der Waals surface area contributed by atoms with Crippen molar-refractivity contribution in [1.82, 2.24) is 19.8 Å². The van der Waals surface area contributed by atoms with Crippen LogP contribution in [0.1, 0.15) is 18.0 Å². The summed E-state index contributed by atoms with van der Waals surface area (Å²) in [7, 11) is -3.27. The lowest BCUT2D eigenvalue weighted by Gasteiger charge is -1.98. The highest BCUT2D eigenvalue weighted by Crippen LogP contribution is 2.20. The second-order valence-electron chi connectivity index (χ2n) is 4.20. The van der Waals surface area contributed by atoms with E-state index in [0.717, 1.165) is 6.26 Å². The average molecular weight is 318 g/mol. The van der Waals surface area contributed by atoms with Crippen LogP contribution in [-0.2, 0) is 16.4 Å². The summed E-state index contributed by atoms with van der Waals surface area (Å²) in [6, 6.07) is 2.60. The van der Waals surface area contributed by atoms with Gasteiger partial charge in [-0.25, -0.2) is 21.9 Å². The molecular formula is C11H12F2N4O3S. The number of sulfonamides is 1. The summed E-state index contributed by atoms with van der Waals surface area (Å²) in [4.78, 5) is 7.63. The van der Waals surface area contributed by atoms with E-state index in [1.165, 1.54) is 18.3 Å². The molecule has 2 aromatic rings. The van der Waals surface area contributed by atoms with Gasteiger partial charge in [0.2, 0.25) is 21.7 Å². The number of hydrogen-bond donors (Lipinski definition) is 1. The van der Waals surface area contributed by atoms with Crippen LogP contribution in [0.25, 0.3) is 11.4 Å². The summed E-state index contributed by atoms with van der Waals surface area (Å²) < 4.78 is 53.7. The normalized spacial score (nSPS) is 12.0. The molecule has 0 atom stereocenters. The van der Waals surface area contributed by atoms with E-state index in [1.54, 1.807) is 0 Å². The molecule has 10 heteroatoms. The number of halogens is 2. The van der Waals surface area contributed by atoms with Gasteiger partial charge >= 0.3 is 0 Å². The number of nitrogens with one attached hydrogen (secondary N) is 1. The van der Waals surface area contributed by atoms with Crippen LogP contribution in [0.3, 0.4) is 0 Å². The predicted octanol–water partition coefficient (Wildman–Crippen LogP) is 1.16. The quantitative estimate of drug-likeness (QED) is 0.858. The van der Waals surface area contributed by atoms with E-state index in [0.29, 0.717) is 5.56 Å². The molecule has 21 heavy (non-hydrogen) atoms. The average Bonchev–Trinajstić information content (AvgIpc) is 2.86. The predicted molar refractivity (Wildman–Crippen MR) is 69.0 cm³/mol. The van der Waals surface area contributed by atoms with Gasteiger partial charge in [-0.1, -0.05) is 5.16 Å². The smallest absolute Gasteiger partial charge is 0.280 e. The third-order valence-corrected chi connectivity index (χ3v) is 3.17. The van der Waals surface area contributed by atoms with Crippen molar-refractivity contribution in [3.63, 3.8) is 0 Å². The molecule has 2 heterocycles. The first kappa shape index (κ1) is 15.4. The molecule has 0 bridgehead atoms. The van der Waals surface area contributed by atoms with Gasteiger partial charge in [-0.05, 0) is 12.1 Å². The molecule has 0 amide bonds. The standard InChI is InChI=1S/C11H12F2N4O3S/c1-21(18,19)15-5-4-9-16-11(17-20-9)7-2-3-8(10(12)13)14-6-7/h2-3,6,10,15H,4-5H2,1H3. The highest BCUT2D eigenvalue weighted by molar-refractivity contribution is 7.88. The lowest BCUT2D eigenvalue weighted by Crippen LogP contribution is -2.24. The number of nitrogens with zero attached hydrogens (tertiary/aromatic N) is 3. The van der Waals surface area contributed by atoms with Gasteiger partial charge in [0.25, 0.3) is 6.43 Å². The van der Waals surface area contributed by atoms with Crippen LogP contribution >= 0.6 is 0 Å². The fourth-order valence-corrected chi connectivity index (χ4v) is 1.96. The maximum atomic E-state index is 12.4. The molecule has 0 aromatic carbocycles. The number of alkyl halides is 2. The first-order chi connectivity index (χ1) is 9.85. The van der Waals surface area contributed by atoms with Crippen molar-refractivity contribution in [3.8, 4) is 11.4 Å². The summed E-state index contributed by atoms with van der Waals surface area (Å²) in [5, 5.41) is 3.69. The Morgan fingerprint density at radius 2 is 2.14 bits per heavy atom. The number of pyridine rings is 1. The van der Waals surface area contributed by atoms with E-state index in [-0.39, 0.29) is 30.4 Å². The molecule has 0 radical (unpaired) electrons. The minimum atomic E-state index is -3.27. The van der Waals surface area contributed by atoms with Crippen LogP contribution in [0.15, 0.2) is 22.9 Å². The summed E-state index contributed by atoms with van der Waals surface area (Å²) >= 11 is 0. The molecular weight excluding hydrogens is 306 g/mol. The van der Waals surface area contributed by atoms with E-state index in [1.807, 2.05) is 0 Å². The Kier molecular flexibility index (Phi) is 4.58. The lowest BCUT2D eigenvalue weighted by molar-refractivity contribution is 0.146. The molecule has 0 aliphatic carbocycles. The first-order valence-electron chi connectivity index (χ1n) is 5.87. The van der Waals surface area contributed by atoms with E-state index in [2.05, 4.69) is 19.8 Å². The van der Waals surface area contributed by atoms with Crippen molar-refractivity contribution in [2.24, 2.45) is 0 Å². The van der Waals surface area contributed by atoms with Crippen molar-refractivity contribution in [2.75, 3.05) is 12.8 Å². The van der Waals surface area contributed by atoms with E-state index < -0.39 is 16.4 Å². The maximum absolute atomic E-state index is 12.4. The fraction of sp³-hybridized carbons (Fsp3) is 0.364. The van der Waals surface area contributed by atoms with E-state index in [9.17, 15) is 17.2 Å². The molecule has 0 saturated carbocycles. The summed E-state index contributed by atoms with van der Waals surface area (Å²) in [5.74, 6) is 0.441. The van der Waals surface area contributed by atoms with Gasteiger partial charge in [0.15, 0.2) is 0 Å². The Labute approximate surface area is 119 Å². The van der Waals surface area contributed by atoms with Crippen LogP contribution in [-0.4, -0.2) is 36.3 Å². The minimum Gasteiger partial charge on any atom is -0.339 e. The molecule has 0 fully saturated rings. The Balaban J connectivity index is 2.02. The van der Waals surface area contributed by atoms with E-state index >= 15 is 0 Å². The summed E-state index contributed by atoms with van der Waals surface area (Å²) in [5.41, 5.74) is 0.102. The van der Waals surface area contributed by atoms with Crippen LogP contribution in [0, 0.1) is 0 Å². The van der Waals surface area contributed by atoms with Gasteiger partial charge in [-0.3, -0.25) is 4.98 Å². The molecule has 0 aliphatic rings. The second kappa shape index (κ2) is 6.22. The largest absolute Gasteiger partial charge is 0.339 e. The van der Waals surface area contributed by atoms with E-state index in [4.69, 9.17) is 4.52 Å². The highest BCUT2D eigenvalue weighted by atomic mass is 32.2. The van der Waals surface area contributed by atoms with Crippen LogP contribution in [0.4, 0.5) is 8.78 Å². The fourth-order valence-electron chi connectivity index (χ4n) is 1.48. The molecule has 2 rings (SSSR count). The third kappa shape index (κ3) is 4.53. The molecule has 7 nitrogen and oxygen atoms in total. The van der Waals surface area contributed by atoms with Gasteiger partial charge in [-0.2, -0.15) is 4.98 Å². The van der Waals surface area contributed by atoms with Gasteiger partial charge in [0, 0.05) is 24.7 Å². The lowest BCUT2D eigenvalue weighted by atomic mass is 10.2. The Bertz CT molecular complexity index is 701. The number of hydrogen-bond acceptors (Lipinski definition) is 6. The summed E-state index contributed by atoms with van der Waals surface area (Å²) in [6.07, 6.45) is -0.141. The van der Waals surface area contributed by atoms with Crippen molar-refractivity contribution >= 4 is 10.0 Å². The zero-order chi connectivity index (χ0) is 15.5. The van der Waals surface area contributed by atoms with Crippen molar-refractivity contribution in [1.29, 1.82) is 0 Å². The van der Waals surface area contributed by atoms with Gasteiger partial charge in [-0.15, -0.1) is 0 Å². The molecule has 0 spiro atoms. The number of aromatic nitrogens is 3. The molecule has 0 saturated heterocycles. The monoisotopic (exact) mass is 318 g/mol. The molecule has 1 N–H and O–H groups in total. The van der Waals surface area contributed by atoms with Crippen LogP contribution < -0.4 is 4.72 Å². The SMILES string of the molecule is CS(=O)(=O)NCCc1nc(-c2ccc(C(F)F)nc2)no1. The van der Waals surface area contributed by atoms with Crippen molar-refractivity contribution in [3.05, 3.63) is 29.9 Å². The minimum absolute atomic E-state index is 0.128. The number of rotatable bonds is 6.